The van der Waals surface area contributed by atoms with Crippen molar-refractivity contribution < 1.29 is 22.7 Å². The number of benzene rings is 1. The first-order chi connectivity index (χ1) is 9.27. The lowest BCUT2D eigenvalue weighted by Gasteiger charge is -2.22. The van der Waals surface area contributed by atoms with Crippen molar-refractivity contribution in [3.05, 3.63) is 35.4 Å². The lowest BCUT2D eigenvalue weighted by molar-refractivity contribution is -0.145. The number of nitrogens with one attached hydrogen (secondary N) is 1. The molecular weight excluding hydrogens is 271 g/mol. The van der Waals surface area contributed by atoms with Crippen LogP contribution in [0.3, 0.4) is 0 Å². The van der Waals surface area contributed by atoms with E-state index in [4.69, 9.17) is 4.74 Å². The van der Waals surface area contributed by atoms with Crippen LogP contribution in [-0.2, 0) is 15.7 Å². The molecule has 0 heterocycles. The van der Waals surface area contributed by atoms with Gasteiger partial charge in [0, 0.05) is 6.04 Å². The fourth-order valence-electron chi connectivity index (χ4n) is 1.93. The zero-order valence-corrected chi connectivity index (χ0v) is 11.6. The SMILES string of the molecule is CCOC(=O)C(C)NC(C)c1ccccc1C(F)(F)F. The number of halogens is 3. The monoisotopic (exact) mass is 289 g/mol. The molecule has 20 heavy (non-hydrogen) atoms. The normalized spacial score (nSPS) is 14.7. The van der Waals surface area contributed by atoms with Gasteiger partial charge in [0.05, 0.1) is 12.2 Å². The number of hydrogen-bond donors (Lipinski definition) is 1. The average Bonchev–Trinajstić information content (AvgIpc) is 2.37. The molecule has 1 N–H and O–H groups in total. The number of carbonyl (C=O) groups is 1. The number of ether oxygens (including phenoxy) is 1. The van der Waals surface area contributed by atoms with Gasteiger partial charge in [-0.1, -0.05) is 18.2 Å². The van der Waals surface area contributed by atoms with Crippen molar-refractivity contribution in [2.75, 3.05) is 6.61 Å². The number of alkyl halides is 3. The molecule has 3 nitrogen and oxygen atoms in total. The minimum atomic E-state index is -4.42. The Morgan fingerprint density at radius 3 is 2.45 bits per heavy atom. The van der Waals surface area contributed by atoms with Crippen molar-refractivity contribution in [1.29, 1.82) is 0 Å². The van der Waals surface area contributed by atoms with Crippen LogP contribution in [0.25, 0.3) is 0 Å². The predicted octanol–water partition coefficient (Wildman–Crippen LogP) is 3.31. The van der Waals surface area contributed by atoms with E-state index < -0.39 is 29.8 Å². The van der Waals surface area contributed by atoms with Gasteiger partial charge in [-0.2, -0.15) is 13.2 Å². The molecule has 0 aliphatic rings. The Bertz CT molecular complexity index is 460. The van der Waals surface area contributed by atoms with E-state index in [-0.39, 0.29) is 12.2 Å². The van der Waals surface area contributed by atoms with E-state index in [2.05, 4.69) is 5.32 Å². The summed E-state index contributed by atoms with van der Waals surface area (Å²) in [5.74, 6) is -0.483. The lowest BCUT2D eigenvalue weighted by Crippen LogP contribution is -2.37. The van der Waals surface area contributed by atoms with Gasteiger partial charge in [-0.25, -0.2) is 0 Å². The topological polar surface area (TPSA) is 38.3 Å². The van der Waals surface area contributed by atoms with Crippen LogP contribution in [-0.4, -0.2) is 18.6 Å². The smallest absolute Gasteiger partial charge is 0.416 e. The molecule has 0 saturated heterocycles. The molecule has 1 aromatic carbocycles. The predicted molar refractivity (Wildman–Crippen MR) is 69.1 cm³/mol. The molecule has 112 valence electrons. The summed E-state index contributed by atoms with van der Waals surface area (Å²) in [5.41, 5.74) is -0.591. The second kappa shape index (κ2) is 6.74. The van der Waals surface area contributed by atoms with E-state index in [0.29, 0.717) is 0 Å². The van der Waals surface area contributed by atoms with E-state index in [9.17, 15) is 18.0 Å². The number of carbonyl (C=O) groups excluding carboxylic acids is 1. The van der Waals surface area contributed by atoms with E-state index in [1.54, 1.807) is 20.8 Å². The summed E-state index contributed by atoms with van der Waals surface area (Å²) >= 11 is 0. The summed E-state index contributed by atoms with van der Waals surface area (Å²) in [4.78, 5) is 11.5. The second-order valence-electron chi connectivity index (χ2n) is 4.45. The zero-order chi connectivity index (χ0) is 15.3. The van der Waals surface area contributed by atoms with E-state index >= 15 is 0 Å². The maximum absolute atomic E-state index is 12.9. The molecular formula is C14H18F3NO2. The van der Waals surface area contributed by atoms with Gasteiger partial charge in [0.2, 0.25) is 0 Å². The minimum absolute atomic E-state index is 0.108. The molecule has 2 atom stereocenters. The molecule has 0 spiro atoms. The van der Waals surface area contributed by atoms with Crippen LogP contribution in [0.2, 0.25) is 0 Å². The molecule has 0 fully saturated rings. The fraction of sp³-hybridized carbons (Fsp3) is 0.500. The second-order valence-corrected chi connectivity index (χ2v) is 4.45. The van der Waals surface area contributed by atoms with Crippen LogP contribution in [0.15, 0.2) is 24.3 Å². The van der Waals surface area contributed by atoms with Gasteiger partial charge >= 0.3 is 12.1 Å². The van der Waals surface area contributed by atoms with E-state index in [1.807, 2.05) is 0 Å². The number of rotatable bonds is 5. The van der Waals surface area contributed by atoms with Crippen molar-refractivity contribution in [2.45, 2.75) is 39.0 Å². The maximum Gasteiger partial charge on any atom is 0.416 e. The number of esters is 1. The summed E-state index contributed by atoms with van der Waals surface area (Å²) < 4.78 is 43.5. The summed E-state index contributed by atoms with van der Waals surface area (Å²) in [7, 11) is 0. The van der Waals surface area contributed by atoms with Gasteiger partial charge < -0.3 is 4.74 Å². The van der Waals surface area contributed by atoms with Crippen LogP contribution in [0.4, 0.5) is 13.2 Å². The van der Waals surface area contributed by atoms with Crippen LogP contribution in [0.5, 0.6) is 0 Å². The summed E-state index contributed by atoms with van der Waals surface area (Å²) in [6, 6.07) is 4.02. The van der Waals surface area contributed by atoms with Crippen LogP contribution >= 0.6 is 0 Å². The van der Waals surface area contributed by atoms with Gasteiger partial charge in [0.25, 0.3) is 0 Å². The first-order valence-corrected chi connectivity index (χ1v) is 6.36. The Morgan fingerprint density at radius 1 is 1.30 bits per heavy atom. The summed E-state index contributed by atoms with van der Waals surface area (Å²) in [5, 5.41) is 2.82. The van der Waals surface area contributed by atoms with Crippen molar-refractivity contribution in [3.63, 3.8) is 0 Å². The molecule has 0 saturated carbocycles. The Morgan fingerprint density at radius 2 is 1.90 bits per heavy atom. The zero-order valence-electron chi connectivity index (χ0n) is 11.6. The Labute approximate surface area is 116 Å². The lowest BCUT2D eigenvalue weighted by atomic mass is 10.0. The Kier molecular flexibility index (Phi) is 5.56. The van der Waals surface area contributed by atoms with Gasteiger partial charge in [-0.15, -0.1) is 0 Å². The Hall–Kier alpha value is -1.56. The first kappa shape index (κ1) is 16.5. The third-order valence-electron chi connectivity index (χ3n) is 2.87. The van der Waals surface area contributed by atoms with Gasteiger partial charge in [-0.3, -0.25) is 10.1 Å². The summed E-state index contributed by atoms with van der Waals surface area (Å²) in [6.45, 7) is 5.05. The highest BCUT2D eigenvalue weighted by Crippen LogP contribution is 2.34. The largest absolute Gasteiger partial charge is 0.465 e. The highest BCUT2D eigenvalue weighted by molar-refractivity contribution is 5.75. The van der Waals surface area contributed by atoms with Crippen molar-refractivity contribution >= 4 is 5.97 Å². The van der Waals surface area contributed by atoms with Gasteiger partial charge in [-0.05, 0) is 32.4 Å². The standard InChI is InChI=1S/C14H18F3NO2/c1-4-20-13(19)10(3)18-9(2)11-7-5-6-8-12(11)14(15,16)17/h5-10,18H,4H2,1-3H3. The van der Waals surface area contributed by atoms with Gasteiger partial charge in [0.15, 0.2) is 0 Å². The third-order valence-corrected chi connectivity index (χ3v) is 2.87. The van der Waals surface area contributed by atoms with Crippen LogP contribution in [0.1, 0.15) is 37.9 Å². The molecule has 0 amide bonds. The van der Waals surface area contributed by atoms with E-state index in [0.717, 1.165) is 6.07 Å². The van der Waals surface area contributed by atoms with Crippen molar-refractivity contribution in [3.8, 4) is 0 Å². The molecule has 6 heteroatoms. The highest BCUT2D eigenvalue weighted by Gasteiger charge is 2.34. The van der Waals surface area contributed by atoms with Crippen molar-refractivity contribution in [2.24, 2.45) is 0 Å². The van der Waals surface area contributed by atoms with Gasteiger partial charge in [0.1, 0.15) is 6.04 Å². The summed E-state index contributed by atoms with van der Waals surface area (Å²) in [6.07, 6.45) is -4.42. The molecule has 1 rings (SSSR count). The molecule has 0 aliphatic carbocycles. The third kappa shape index (κ3) is 4.23. The quantitative estimate of drug-likeness (QED) is 0.845. The average molecular weight is 289 g/mol. The molecule has 0 aromatic heterocycles. The molecule has 2 unspecified atom stereocenters. The van der Waals surface area contributed by atoms with Crippen molar-refractivity contribution in [1.82, 2.24) is 5.32 Å². The first-order valence-electron chi connectivity index (χ1n) is 6.36. The molecule has 1 aromatic rings. The van der Waals surface area contributed by atoms with Crippen LogP contribution in [0, 0.1) is 0 Å². The Balaban J connectivity index is 2.88. The molecule has 0 bridgehead atoms. The minimum Gasteiger partial charge on any atom is -0.465 e. The van der Waals surface area contributed by atoms with Crippen LogP contribution < -0.4 is 5.32 Å². The maximum atomic E-state index is 12.9. The van der Waals surface area contributed by atoms with E-state index in [1.165, 1.54) is 18.2 Å². The molecule has 0 aliphatic heterocycles. The molecule has 0 radical (unpaired) electrons. The fourth-order valence-corrected chi connectivity index (χ4v) is 1.93. The highest BCUT2D eigenvalue weighted by atomic mass is 19.4. The number of hydrogen-bond acceptors (Lipinski definition) is 3.